The monoisotopic (exact) mass is 289 g/mol. The maximum absolute atomic E-state index is 9.00. The zero-order valence-electron chi connectivity index (χ0n) is 12.8. The molecule has 3 N–H and O–H groups in total. The summed E-state index contributed by atoms with van der Waals surface area (Å²) >= 11 is 0. The number of hydrogen-bond acceptors (Lipinski definition) is 4. The summed E-state index contributed by atoms with van der Waals surface area (Å²) in [6.45, 7) is 8.83. The Balaban J connectivity index is 0.000000342. The van der Waals surface area contributed by atoms with Crippen LogP contribution in [0.25, 0.3) is 0 Å². The highest BCUT2D eigenvalue weighted by Crippen LogP contribution is 2.14. The van der Waals surface area contributed by atoms with Crippen LogP contribution in [0.5, 0.6) is 11.5 Å². The third-order valence-electron chi connectivity index (χ3n) is 2.43. The van der Waals surface area contributed by atoms with Crippen LogP contribution in [-0.2, 0) is 4.79 Å². The van der Waals surface area contributed by atoms with E-state index in [4.69, 9.17) is 15.0 Å². The van der Waals surface area contributed by atoms with E-state index in [1.165, 1.54) is 0 Å². The average Bonchev–Trinajstić information content (AvgIpc) is 2.40. The SMILES string of the molecule is C=O.CCNc1cccc(O)c1.Cc1cc(C)cc(O)c1. The van der Waals surface area contributed by atoms with Gasteiger partial charge in [0.15, 0.2) is 0 Å². The van der Waals surface area contributed by atoms with Crippen LogP contribution in [0.1, 0.15) is 18.1 Å². The van der Waals surface area contributed by atoms with Gasteiger partial charge in [-0.15, -0.1) is 0 Å². The zero-order valence-corrected chi connectivity index (χ0v) is 12.8. The number of benzene rings is 2. The Hall–Kier alpha value is -2.49. The lowest BCUT2D eigenvalue weighted by Crippen LogP contribution is -1.94. The molecular weight excluding hydrogens is 266 g/mol. The van der Waals surface area contributed by atoms with Crippen molar-refractivity contribution in [3.8, 4) is 11.5 Å². The number of hydrogen-bond donors (Lipinski definition) is 3. The number of carbonyl (C=O) groups is 1. The molecule has 2 aromatic carbocycles. The summed E-state index contributed by atoms with van der Waals surface area (Å²) in [5.41, 5.74) is 3.17. The summed E-state index contributed by atoms with van der Waals surface area (Å²) < 4.78 is 0. The van der Waals surface area contributed by atoms with E-state index < -0.39 is 0 Å². The van der Waals surface area contributed by atoms with Gasteiger partial charge in [-0.25, -0.2) is 0 Å². The van der Waals surface area contributed by atoms with Gasteiger partial charge in [-0.1, -0.05) is 12.1 Å². The zero-order chi connectivity index (χ0) is 16.3. The number of anilines is 1. The second kappa shape index (κ2) is 10.3. The van der Waals surface area contributed by atoms with Gasteiger partial charge in [-0.3, -0.25) is 0 Å². The number of phenols is 2. The number of nitrogens with one attached hydrogen (secondary N) is 1. The number of rotatable bonds is 2. The Kier molecular flexibility index (Phi) is 9.09. The minimum absolute atomic E-state index is 0.304. The first-order valence-electron chi connectivity index (χ1n) is 6.60. The molecule has 0 aliphatic rings. The van der Waals surface area contributed by atoms with Crippen LogP contribution in [0.15, 0.2) is 42.5 Å². The molecule has 0 bridgehead atoms. The van der Waals surface area contributed by atoms with Crippen molar-refractivity contribution in [2.24, 2.45) is 0 Å². The molecule has 0 amide bonds. The van der Waals surface area contributed by atoms with Crippen LogP contribution < -0.4 is 5.32 Å². The second-order valence-electron chi connectivity index (χ2n) is 4.43. The molecule has 0 saturated carbocycles. The van der Waals surface area contributed by atoms with Crippen molar-refractivity contribution in [3.05, 3.63) is 53.6 Å². The topological polar surface area (TPSA) is 69.6 Å². The van der Waals surface area contributed by atoms with Gasteiger partial charge in [0.05, 0.1) is 0 Å². The van der Waals surface area contributed by atoms with Crippen molar-refractivity contribution < 1.29 is 15.0 Å². The van der Waals surface area contributed by atoms with Gasteiger partial charge in [0.1, 0.15) is 18.3 Å². The first-order valence-corrected chi connectivity index (χ1v) is 6.60. The highest BCUT2D eigenvalue weighted by Gasteiger charge is 1.90. The molecule has 0 atom stereocenters. The molecule has 0 aliphatic carbocycles. The van der Waals surface area contributed by atoms with Gasteiger partial charge in [-0.05, 0) is 56.2 Å². The standard InChI is InChI=1S/C8H11NO.C8H10O.CH2O/c1-2-9-7-4-3-5-8(10)6-7;1-6-3-7(2)5-8(9)4-6;1-2/h3-6,9-10H,2H2,1H3;3-5,9H,1-2H3;1H2. The van der Waals surface area contributed by atoms with E-state index in [9.17, 15) is 0 Å². The lowest BCUT2D eigenvalue weighted by molar-refractivity contribution is -0.0979. The van der Waals surface area contributed by atoms with E-state index in [2.05, 4.69) is 5.32 Å². The van der Waals surface area contributed by atoms with E-state index >= 15 is 0 Å². The molecule has 2 aromatic rings. The smallest absolute Gasteiger partial charge is 0.117 e. The minimum Gasteiger partial charge on any atom is -0.508 e. The van der Waals surface area contributed by atoms with E-state index in [0.29, 0.717) is 11.5 Å². The highest BCUT2D eigenvalue weighted by molar-refractivity contribution is 5.47. The van der Waals surface area contributed by atoms with E-state index in [1.807, 2.05) is 45.8 Å². The molecule has 0 aliphatic heterocycles. The fourth-order valence-corrected chi connectivity index (χ4v) is 1.77. The summed E-state index contributed by atoms with van der Waals surface area (Å²) in [6.07, 6.45) is 0. The summed E-state index contributed by atoms with van der Waals surface area (Å²) in [7, 11) is 0. The normalized spacial score (nSPS) is 8.71. The predicted octanol–water partition coefficient (Wildman–Crippen LogP) is 3.65. The maximum atomic E-state index is 9.00. The Morgan fingerprint density at radius 1 is 0.952 bits per heavy atom. The molecule has 21 heavy (non-hydrogen) atoms. The van der Waals surface area contributed by atoms with Crippen molar-refractivity contribution in [1.82, 2.24) is 0 Å². The average molecular weight is 289 g/mol. The highest BCUT2D eigenvalue weighted by atomic mass is 16.3. The number of aromatic hydroxyl groups is 2. The van der Waals surface area contributed by atoms with Gasteiger partial charge in [-0.2, -0.15) is 0 Å². The molecule has 0 unspecified atom stereocenters. The van der Waals surface area contributed by atoms with Gasteiger partial charge in [0, 0.05) is 18.3 Å². The number of phenolic OH excluding ortho intramolecular Hbond substituents is 2. The van der Waals surface area contributed by atoms with Crippen LogP contribution in [0, 0.1) is 13.8 Å². The largest absolute Gasteiger partial charge is 0.508 e. The quantitative estimate of drug-likeness (QED) is 0.789. The summed E-state index contributed by atoms with van der Waals surface area (Å²) in [6, 6.07) is 12.6. The first kappa shape index (κ1) is 18.5. The Morgan fingerprint density at radius 3 is 1.95 bits per heavy atom. The van der Waals surface area contributed by atoms with Crippen LogP contribution in [-0.4, -0.2) is 23.5 Å². The van der Waals surface area contributed by atoms with Crippen molar-refractivity contribution >= 4 is 12.5 Å². The van der Waals surface area contributed by atoms with Gasteiger partial charge < -0.3 is 20.3 Å². The summed E-state index contributed by atoms with van der Waals surface area (Å²) in [4.78, 5) is 8.00. The molecule has 4 nitrogen and oxygen atoms in total. The van der Waals surface area contributed by atoms with Crippen molar-refractivity contribution in [2.75, 3.05) is 11.9 Å². The number of aryl methyl sites for hydroxylation is 2. The molecule has 0 aromatic heterocycles. The molecule has 114 valence electrons. The molecule has 0 spiro atoms. The minimum atomic E-state index is 0.304. The predicted molar refractivity (Wildman–Crippen MR) is 87.0 cm³/mol. The second-order valence-corrected chi connectivity index (χ2v) is 4.43. The van der Waals surface area contributed by atoms with Gasteiger partial charge in [0.2, 0.25) is 0 Å². The molecule has 0 radical (unpaired) electrons. The van der Waals surface area contributed by atoms with E-state index in [1.54, 1.807) is 24.3 Å². The Morgan fingerprint density at radius 2 is 1.52 bits per heavy atom. The maximum Gasteiger partial charge on any atom is 0.117 e. The third kappa shape index (κ3) is 8.31. The number of carbonyl (C=O) groups excluding carboxylic acids is 1. The van der Waals surface area contributed by atoms with E-state index in [-0.39, 0.29) is 0 Å². The van der Waals surface area contributed by atoms with Crippen LogP contribution in [0.2, 0.25) is 0 Å². The van der Waals surface area contributed by atoms with Crippen LogP contribution in [0.4, 0.5) is 5.69 Å². The van der Waals surface area contributed by atoms with Crippen molar-refractivity contribution in [1.29, 1.82) is 0 Å². The molecule has 0 heterocycles. The lowest BCUT2D eigenvalue weighted by atomic mass is 10.1. The van der Waals surface area contributed by atoms with Gasteiger partial charge >= 0.3 is 0 Å². The molecule has 2 rings (SSSR count). The van der Waals surface area contributed by atoms with Crippen molar-refractivity contribution in [2.45, 2.75) is 20.8 Å². The Bertz CT molecular complexity index is 491. The van der Waals surface area contributed by atoms with Crippen LogP contribution in [0.3, 0.4) is 0 Å². The fraction of sp³-hybridized carbons (Fsp3) is 0.235. The van der Waals surface area contributed by atoms with Crippen LogP contribution >= 0.6 is 0 Å². The molecule has 0 saturated heterocycles. The third-order valence-corrected chi connectivity index (χ3v) is 2.43. The molecule has 4 heteroatoms. The fourth-order valence-electron chi connectivity index (χ4n) is 1.77. The van der Waals surface area contributed by atoms with Crippen molar-refractivity contribution in [3.63, 3.8) is 0 Å². The summed E-state index contributed by atoms with van der Waals surface area (Å²) in [5, 5.41) is 21.1. The summed E-state index contributed by atoms with van der Waals surface area (Å²) in [5.74, 6) is 0.658. The van der Waals surface area contributed by atoms with E-state index in [0.717, 1.165) is 23.4 Å². The molecule has 0 fully saturated rings. The molecular formula is C17H23NO3. The first-order chi connectivity index (χ1) is 10.0. The lowest BCUT2D eigenvalue weighted by Gasteiger charge is -2.01. The Labute approximate surface area is 126 Å². The van der Waals surface area contributed by atoms with Gasteiger partial charge in [0.25, 0.3) is 0 Å².